The van der Waals surface area contributed by atoms with Crippen LogP contribution in [-0.4, -0.2) is 23.5 Å². The van der Waals surface area contributed by atoms with Gasteiger partial charge in [-0.1, -0.05) is 19.1 Å². The fourth-order valence-electron chi connectivity index (χ4n) is 2.52. The minimum absolute atomic E-state index is 0.0697. The Kier molecular flexibility index (Phi) is 3.77. The number of furan rings is 1. The third-order valence-electron chi connectivity index (χ3n) is 3.51. The number of fused-ring (bicyclic) bond motifs is 1. The van der Waals surface area contributed by atoms with Crippen molar-refractivity contribution in [2.75, 3.05) is 11.9 Å². The smallest absolute Gasteiger partial charge is 0.257 e. The molecule has 1 aliphatic heterocycles. The van der Waals surface area contributed by atoms with E-state index in [0.717, 1.165) is 23.4 Å². The summed E-state index contributed by atoms with van der Waals surface area (Å²) >= 11 is 0. The van der Waals surface area contributed by atoms with Gasteiger partial charge in [0.05, 0.1) is 11.8 Å². The summed E-state index contributed by atoms with van der Waals surface area (Å²) < 4.78 is 5.30. The second kappa shape index (κ2) is 5.87. The van der Waals surface area contributed by atoms with Gasteiger partial charge >= 0.3 is 0 Å². The SMILES string of the molecule is CCCN1C(=O)c2ccccc2NC1/C=C/c1ccco1. The molecule has 2 heterocycles. The molecule has 1 aromatic carbocycles. The van der Waals surface area contributed by atoms with E-state index in [-0.39, 0.29) is 12.1 Å². The first-order chi connectivity index (χ1) is 10.3. The Balaban J connectivity index is 1.89. The van der Waals surface area contributed by atoms with Crippen LogP contribution in [0.2, 0.25) is 0 Å². The number of carbonyl (C=O) groups excluding carboxylic acids is 1. The first-order valence-corrected chi connectivity index (χ1v) is 7.18. The first kappa shape index (κ1) is 13.5. The molecule has 1 aromatic heterocycles. The predicted octanol–water partition coefficient (Wildman–Crippen LogP) is 3.60. The topological polar surface area (TPSA) is 45.5 Å². The summed E-state index contributed by atoms with van der Waals surface area (Å²) in [4.78, 5) is 14.5. The molecule has 1 atom stereocenters. The summed E-state index contributed by atoms with van der Waals surface area (Å²) in [6.45, 7) is 2.79. The number of hydrogen-bond acceptors (Lipinski definition) is 3. The van der Waals surface area contributed by atoms with Crippen LogP contribution in [0.15, 0.2) is 53.2 Å². The minimum atomic E-state index is -0.155. The van der Waals surface area contributed by atoms with Gasteiger partial charge in [-0.05, 0) is 42.8 Å². The number of amides is 1. The van der Waals surface area contributed by atoms with Gasteiger partial charge in [0, 0.05) is 12.2 Å². The number of nitrogens with one attached hydrogen (secondary N) is 1. The third kappa shape index (κ3) is 2.70. The Morgan fingerprint density at radius 3 is 2.90 bits per heavy atom. The van der Waals surface area contributed by atoms with Crippen molar-refractivity contribution in [3.8, 4) is 0 Å². The minimum Gasteiger partial charge on any atom is -0.465 e. The molecule has 21 heavy (non-hydrogen) atoms. The molecule has 0 fully saturated rings. The third-order valence-corrected chi connectivity index (χ3v) is 3.51. The van der Waals surface area contributed by atoms with Crippen LogP contribution in [0.4, 0.5) is 5.69 Å². The molecule has 0 saturated carbocycles. The van der Waals surface area contributed by atoms with Crippen LogP contribution in [-0.2, 0) is 0 Å². The molecule has 108 valence electrons. The molecule has 0 saturated heterocycles. The zero-order valence-corrected chi connectivity index (χ0v) is 12.0. The molecule has 0 bridgehead atoms. The summed E-state index contributed by atoms with van der Waals surface area (Å²) in [6, 6.07) is 11.4. The van der Waals surface area contributed by atoms with E-state index in [1.807, 2.05) is 53.5 Å². The van der Waals surface area contributed by atoms with Gasteiger partial charge in [-0.15, -0.1) is 0 Å². The Labute approximate surface area is 124 Å². The highest BCUT2D eigenvalue weighted by atomic mass is 16.3. The second-order valence-corrected chi connectivity index (χ2v) is 5.01. The maximum absolute atomic E-state index is 12.6. The van der Waals surface area contributed by atoms with E-state index in [0.29, 0.717) is 6.54 Å². The van der Waals surface area contributed by atoms with Gasteiger partial charge in [-0.25, -0.2) is 0 Å². The van der Waals surface area contributed by atoms with Crippen molar-refractivity contribution < 1.29 is 9.21 Å². The van der Waals surface area contributed by atoms with E-state index in [9.17, 15) is 4.79 Å². The molecule has 1 amide bonds. The van der Waals surface area contributed by atoms with Crippen molar-refractivity contribution in [3.05, 3.63) is 60.1 Å². The van der Waals surface area contributed by atoms with Gasteiger partial charge < -0.3 is 14.6 Å². The molecular weight excluding hydrogens is 264 g/mol. The molecule has 4 heteroatoms. The first-order valence-electron chi connectivity index (χ1n) is 7.18. The zero-order chi connectivity index (χ0) is 14.7. The highest BCUT2D eigenvalue weighted by Gasteiger charge is 2.29. The van der Waals surface area contributed by atoms with Gasteiger partial charge in [0.1, 0.15) is 11.9 Å². The molecule has 2 aromatic rings. The highest BCUT2D eigenvalue weighted by molar-refractivity contribution is 6.01. The maximum Gasteiger partial charge on any atom is 0.257 e. The van der Waals surface area contributed by atoms with Crippen molar-refractivity contribution in [2.45, 2.75) is 19.5 Å². The fraction of sp³-hybridized carbons (Fsp3) is 0.235. The largest absolute Gasteiger partial charge is 0.465 e. The van der Waals surface area contributed by atoms with Crippen LogP contribution in [0.3, 0.4) is 0 Å². The van der Waals surface area contributed by atoms with E-state index in [1.165, 1.54) is 0 Å². The fourth-order valence-corrected chi connectivity index (χ4v) is 2.52. The highest BCUT2D eigenvalue weighted by Crippen LogP contribution is 2.26. The molecule has 4 nitrogen and oxygen atoms in total. The average Bonchev–Trinajstić information content (AvgIpc) is 3.02. The van der Waals surface area contributed by atoms with Crippen LogP contribution < -0.4 is 5.32 Å². The van der Waals surface area contributed by atoms with E-state index < -0.39 is 0 Å². The molecule has 1 unspecified atom stereocenters. The second-order valence-electron chi connectivity index (χ2n) is 5.01. The Morgan fingerprint density at radius 2 is 2.14 bits per heavy atom. The predicted molar refractivity (Wildman–Crippen MR) is 82.9 cm³/mol. The van der Waals surface area contributed by atoms with Gasteiger partial charge in [0.15, 0.2) is 0 Å². The average molecular weight is 282 g/mol. The van der Waals surface area contributed by atoms with E-state index in [2.05, 4.69) is 12.2 Å². The van der Waals surface area contributed by atoms with Crippen molar-refractivity contribution in [1.29, 1.82) is 0 Å². The van der Waals surface area contributed by atoms with Gasteiger partial charge in [0.25, 0.3) is 5.91 Å². The van der Waals surface area contributed by atoms with Gasteiger partial charge in [-0.3, -0.25) is 4.79 Å². The van der Waals surface area contributed by atoms with E-state index >= 15 is 0 Å². The number of rotatable bonds is 4. The maximum atomic E-state index is 12.6. The van der Waals surface area contributed by atoms with Crippen LogP contribution >= 0.6 is 0 Å². The Bertz CT molecular complexity index is 647. The summed E-state index contributed by atoms with van der Waals surface area (Å²) in [5, 5.41) is 3.40. The molecule has 1 N–H and O–H groups in total. The number of benzene rings is 1. The lowest BCUT2D eigenvalue weighted by atomic mass is 10.1. The number of anilines is 1. The monoisotopic (exact) mass is 282 g/mol. The Hall–Kier alpha value is -2.49. The summed E-state index contributed by atoms with van der Waals surface area (Å²) in [7, 11) is 0. The van der Waals surface area contributed by atoms with Gasteiger partial charge in [0.2, 0.25) is 0 Å². The molecule has 3 rings (SSSR count). The van der Waals surface area contributed by atoms with Crippen LogP contribution in [0.5, 0.6) is 0 Å². The normalized spacial score (nSPS) is 17.9. The van der Waals surface area contributed by atoms with Gasteiger partial charge in [-0.2, -0.15) is 0 Å². The van der Waals surface area contributed by atoms with Crippen LogP contribution in [0.25, 0.3) is 6.08 Å². The van der Waals surface area contributed by atoms with Crippen molar-refractivity contribution in [2.24, 2.45) is 0 Å². The molecular formula is C17H18N2O2. The summed E-state index contributed by atoms with van der Waals surface area (Å²) in [5.41, 5.74) is 1.61. The van der Waals surface area contributed by atoms with Crippen molar-refractivity contribution in [3.63, 3.8) is 0 Å². The molecule has 0 aliphatic carbocycles. The number of hydrogen-bond donors (Lipinski definition) is 1. The van der Waals surface area contributed by atoms with Crippen molar-refractivity contribution >= 4 is 17.7 Å². The lowest BCUT2D eigenvalue weighted by Gasteiger charge is -2.36. The van der Waals surface area contributed by atoms with E-state index in [1.54, 1.807) is 6.26 Å². The quantitative estimate of drug-likeness (QED) is 0.932. The standard InChI is InChI=1S/C17H18N2O2/c1-2-11-19-16(10-9-13-6-5-12-21-13)18-15-8-4-3-7-14(15)17(19)20/h3-10,12,16,18H,2,11H2,1H3/b10-9+. The number of nitrogens with zero attached hydrogens (tertiary/aromatic N) is 1. The lowest BCUT2D eigenvalue weighted by Crippen LogP contribution is -2.48. The van der Waals surface area contributed by atoms with Crippen molar-refractivity contribution in [1.82, 2.24) is 4.90 Å². The summed E-state index contributed by atoms with van der Waals surface area (Å²) in [6.07, 6.45) is 6.25. The van der Waals surface area contributed by atoms with E-state index in [4.69, 9.17) is 4.42 Å². The van der Waals surface area contributed by atoms with Crippen LogP contribution in [0.1, 0.15) is 29.5 Å². The van der Waals surface area contributed by atoms with Crippen LogP contribution in [0, 0.1) is 0 Å². The number of carbonyl (C=O) groups is 1. The number of para-hydroxylation sites is 1. The lowest BCUT2D eigenvalue weighted by molar-refractivity contribution is 0.0717. The molecule has 1 aliphatic rings. The molecule has 0 spiro atoms. The zero-order valence-electron chi connectivity index (χ0n) is 12.0. The Morgan fingerprint density at radius 1 is 1.29 bits per heavy atom. The molecule has 0 radical (unpaired) electrons. The summed E-state index contributed by atoms with van der Waals surface area (Å²) in [5.74, 6) is 0.847.